The van der Waals surface area contributed by atoms with Crippen LogP contribution in [0.5, 0.6) is 0 Å². The normalized spacial score (nSPS) is 11.1. The summed E-state index contributed by atoms with van der Waals surface area (Å²) in [5.41, 5.74) is 0. The predicted octanol–water partition coefficient (Wildman–Crippen LogP) is 2.58. The third-order valence-corrected chi connectivity index (χ3v) is 2.96. The number of hydrogen-bond acceptors (Lipinski definition) is 4. The Labute approximate surface area is 100 Å². The largest absolute Gasteiger partial charge is 0.272 e. The first-order valence-electron chi connectivity index (χ1n) is 5.65. The minimum Gasteiger partial charge on any atom is -0.272 e. The number of hydrogen-bond donors (Lipinski definition) is 2. The van der Waals surface area contributed by atoms with Gasteiger partial charge >= 0.3 is 0 Å². The lowest BCUT2D eigenvalue weighted by Gasteiger charge is -2.00. The summed E-state index contributed by atoms with van der Waals surface area (Å²) in [6.07, 6.45) is 9.41. The van der Waals surface area contributed by atoms with E-state index in [1.807, 2.05) is 0 Å². The molecule has 5 heteroatoms. The summed E-state index contributed by atoms with van der Waals surface area (Å²) in [7, 11) is -2.64. The summed E-state index contributed by atoms with van der Waals surface area (Å²) >= 11 is 4.16. The molecule has 0 saturated heterocycles. The minimum absolute atomic E-state index is 0.346. The molecule has 15 heavy (non-hydrogen) atoms. The van der Waals surface area contributed by atoms with Gasteiger partial charge in [0.1, 0.15) is 0 Å². The first-order valence-corrected chi connectivity index (χ1v) is 7.38. The molecule has 0 fully saturated rings. The quantitative estimate of drug-likeness (QED) is 0.440. The Hall–Kier alpha value is 0.260. The molecule has 0 aliphatic carbocycles. The van der Waals surface area contributed by atoms with Gasteiger partial charge in [-0.1, -0.05) is 38.5 Å². The van der Waals surface area contributed by atoms with E-state index in [0.717, 1.165) is 18.6 Å². The first-order chi connectivity index (χ1) is 7.27. The maximum atomic E-state index is 10.0. The van der Waals surface area contributed by atoms with Crippen molar-refractivity contribution in [2.75, 3.05) is 12.4 Å². The molecule has 0 aliphatic heterocycles. The third kappa shape index (κ3) is 14.3. The molecule has 0 heterocycles. The van der Waals surface area contributed by atoms with Crippen molar-refractivity contribution in [1.82, 2.24) is 0 Å². The molecule has 92 valence electrons. The topological polar surface area (TPSA) is 43.4 Å². The van der Waals surface area contributed by atoms with Crippen molar-refractivity contribution in [2.24, 2.45) is 0 Å². The van der Waals surface area contributed by atoms with Crippen molar-refractivity contribution in [3.8, 4) is 0 Å². The highest BCUT2D eigenvalue weighted by atomic mass is 32.2. The number of thiol groups is 2. The van der Waals surface area contributed by atoms with Gasteiger partial charge in [-0.2, -0.15) is 12.6 Å². The Balaban J connectivity index is 2.92. The standard InChI is InChI=1S/C10H22O3S2/c11-15(12)13-9-7-5-3-1-2-4-6-8-10-14/h14-15H,1-10H2. The van der Waals surface area contributed by atoms with Crippen LogP contribution < -0.4 is 0 Å². The fourth-order valence-corrected chi connectivity index (χ4v) is 1.92. The van der Waals surface area contributed by atoms with Gasteiger partial charge in [0.05, 0.1) is 6.61 Å². The molecule has 0 aromatic rings. The van der Waals surface area contributed by atoms with E-state index in [-0.39, 0.29) is 0 Å². The van der Waals surface area contributed by atoms with Gasteiger partial charge in [0.25, 0.3) is 11.0 Å². The molecule has 0 bridgehead atoms. The van der Waals surface area contributed by atoms with Gasteiger partial charge in [0.2, 0.25) is 0 Å². The second kappa shape index (κ2) is 12.3. The molecule has 0 atom stereocenters. The van der Waals surface area contributed by atoms with Gasteiger partial charge in [-0.05, 0) is 18.6 Å². The molecule has 0 aromatic carbocycles. The first kappa shape index (κ1) is 15.3. The van der Waals surface area contributed by atoms with Crippen LogP contribution in [-0.2, 0) is 15.2 Å². The fraction of sp³-hybridized carbons (Fsp3) is 1.00. The van der Waals surface area contributed by atoms with Crippen LogP contribution in [-0.4, -0.2) is 20.8 Å². The Kier molecular flexibility index (Phi) is 12.5. The molecule has 3 nitrogen and oxygen atoms in total. The molecule has 0 spiro atoms. The third-order valence-electron chi connectivity index (χ3n) is 2.25. The van der Waals surface area contributed by atoms with Gasteiger partial charge in [0, 0.05) is 0 Å². The second-order valence-electron chi connectivity index (χ2n) is 3.61. The Morgan fingerprint density at radius 2 is 1.27 bits per heavy atom. The van der Waals surface area contributed by atoms with Gasteiger partial charge < -0.3 is 0 Å². The number of rotatable bonds is 11. The molecule has 0 saturated carbocycles. The van der Waals surface area contributed by atoms with E-state index in [1.54, 1.807) is 0 Å². The fourth-order valence-electron chi connectivity index (χ4n) is 1.41. The second-order valence-corrected chi connectivity index (χ2v) is 4.76. The molecule has 0 rings (SSSR count). The number of unbranched alkanes of at least 4 members (excludes halogenated alkanes) is 7. The Bertz CT molecular complexity index is 185. The van der Waals surface area contributed by atoms with Crippen molar-refractivity contribution in [1.29, 1.82) is 0 Å². The zero-order valence-electron chi connectivity index (χ0n) is 9.19. The van der Waals surface area contributed by atoms with E-state index in [2.05, 4.69) is 16.8 Å². The van der Waals surface area contributed by atoms with Crippen LogP contribution >= 0.6 is 12.6 Å². The zero-order chi connectivity index (χ0) is 11.4. The molecule has 0 N–H and O–H groups in total. The van der Waals surface area contributed by atoms with Crippen LogP contribution in [0.25, 0.3) is 0 Å². The van der Waals surface area contributed by atoms with Crippen LogP contribution in [0.3, 0.4) is 0 Å². The van der Waals surface area contributed by atoms with Gasteiger partial charge in [-0.15, -0.1) is 0 Å². The maximum absolute atomic E-state index is 10.0. The Morgan fingerprint density at radius 3 is 1.73 bits per heavy atom. The average molecular weight is 254 g/mol. The molecule has 0 unspecified atom stereocenters. The summed E-state index contributed by atoms with van der Waals surface area (Å²) in [4.78, 5) is 0. The molecule has 0 amide bonds. The van der Waals surface area contributed by atoms with Gasteiger partial charge in [0.15, 0.2) is 0 Å². The van der Waals surface area contributed by atoms with Crippen LogP contribution in [0.15, 0.2) is 0 Å². The van der Waals surface area contributed by atoms with E-state index in [1.165, 1.54) is 38.5 Å². The van der Waals surface area contributed by atoms with E-state index in [0.29, 0.717) is 6.61 Å². The van der Waals surface area contributed by atoms with Crippen LogP contribution in [0, 0.1) is 0 Å². The molecule has 0 aliphatic rings. The molecular formula is C10H22O3S2. The Morgan fingerprint density at radius 1 is 0.800 bits per heavy atom. The SMILES string of the molecule is O=[SH](=O)OCCCCCCCCCCS. The highest BCUT2D eigenvalue weighted by molar-refractivity contribution is 7.80. The van der Waals surface area contributed by atoms with Crippen molar-refractivity contribution in [3.05, 3.63) is 0 Å². The summed E-state index contributed by atoms with van der Waals surface area (Å²) < 4.78 is 24.5. The van der Waals surface area contributed by atoms with Crippen LogP contribution in [0.1, 0.15) is 51.4 Å². The summed E-state index contributed by atoms with van der Waals surface area (Å²) in [5.74, 6) is 0.991. The van der Waals surface area contributed by atoms with E-state index < -0.39 is 11.0 Å². The van der Waals surface area contributed by atoms with E-state index in [9.17, 15) is 8.42 Å². The lowest BCUT2D eigenvalue weighted by Crippen LogP contribution is -1.92. The van der Waals surface area contributed by atoms with Crippen LogP contribution in [0.2, 0.25) is 0 Å². The average Bonchev–Trinajstić information content (AvgIpc) is 2.20. The summed E-state index contributed by atoms with van der Waals surface area (Å²) in [6.45, 7) is 0.346. The zero-order valence-corrected chi connectivity index (χ0v) is 11.0. The predicted molar refractivity (Wildman–Crippen MR) is 67.1 cm³/mol. The monoisotopic (exact) mass is 254 g/mol. The van der Waals surface area contributed by atoms with Crippen molar-refractivity contribution >= 4 is 23.6 Å². The van der Waals surface area contributed by atoms with Crippen molar-refractivity contribution in [3.63, 3.8) is 0 Å². The lowest BCUT2D eigenvalue weighted by atomic mass is 10.1. The minimum atomic E-state index is -2.64. The maximum Gasteiger partial charge on any atom is 0.257 e. The van der Waals surface area contributed by atoms with Crippen LogP contribution in [0.4, 0.5) is 0 Å². The molecule has 0 aromatic heterocycles. The van der Waals surface area contributed by atoms with Crippen molar-refractivity contribution in [2.45, 2.75) is 51.4 Å². The van der Waals surface area contributed by atoms with E-state index in [4.69, 9.17) is 0 Å². The van der Waals surface area contributed by atoms with Gasteiger partial charge in [-0.3, -0.25) is 4.18 Å². The van der Waals surface area contributed by atoms with Crippen molar-refractivity contribution < 1.29 is 12.6 Å². The molecular weight excluding hydrogens is 232 g/mol. The van der Waals surface area contributed by atoms with Gasteiger partial charge in [-0.25, -0.2) is 8.42 Å². The lowest BCUT2D eigenvalue weighted by molar-refractivity contribution is 0.319. The summed E-state index contributed by atoms with van der Waals surface area (Å²) in [6, 6.07) is 0. The molecule has 0 radical (unpaired) electrons. The summed E-state index contributed by atoms with van der Waals surface area (Å²) in [5, 5.41) is 0. The smallest absolute Gasteiger partial charge is 0.257 e. The highest BCUT2D eigenvalue weighted by Crippen LogP contribution is 2.08. The van der Waals surface area contributed by atoms with E-state index >= 15 is 0 Å². The highest BCUT2D eigenvalue weighted by Gasteiger charge is 1.92.